The molecular weight excluding hydrogens is 402 g/mol. The minimum Gasteiger partial charge on any atom is -0.340 e. The fourth-order valence-corrected chi connectivity index (χ4v) is 2.71. The number of aromatic nitrogens is 2. The van der Waals surface area contributed by atoms with Gasteiger partial charge in [-0.2, -0.15) is 4.98 Å². The van der Waals surface area contributed by atoms with Gasteiger partial charge in [0.15, 0.2) is 0 Å². The monoisotopic (exact) mass is 422 g/mol. The molecule has 1 atom stereocenters. The number of carbonyl (C=O) groups is 1. The van der Waals surface area contributed by atoms with Gasteiger partial charge in [0.25, 0.3) is 5.91 Å². The first kappa shape index (κ1) is 22.4. The van der Waals surface area contributed by atoms with E-state index < -0.39 is 29.1 Å². The normalized spacial score (nSPS) is 11.8. The molecule has 9 heteroatoms. The molecule has 0 radical (unpaired) electrons. The largest absolute Gasteiger partial charge is 0.340 e. The van der Waals surface area contributed by atoms with Gasteiger partial charge in [-0.25, -0.2) is 8.78 Å². The van der Waals surface area contributed by atoms with E-state index in [0.29, 0.717) is 12.4 Å². The van der Waals surface area contributed by atoms with Crippen LogP contribution in [0.25, 0.3) is 11.4 Å². The molecule has 0 aliphatic carbocycles. The van der Waals surface area contributed by atoms with E-state index >= 15 is 0 Å². The van der Waals surface area contributed by atoms with Gasteiger partial charge in [0.2, 0.25) is 11.7 Å². The predicted molar refractivity (Wildman–Crippen MR) is 106 cm³/mol. The van der Waals surface area contributed by atoms with Crippen LogP contribution >= 0.6 is 12.4 Å². The Balaban J connectivity index is 0.00000300. The topological polar surface area (TPSA) is 94.0 Å². The number of nitrogens with two attached hydrogens (primary N) is 1. The molecule has 0 aliphatic rings. The maximum atomic E-state index is 13.9. The lowest BCUT2D eigenvalue weighted by atomic mass is 10.0. The summed E-state index contributed by atoms with van der Waals surface area (Å²) in [7, 11) is 0. The lowest BCUT2D eigenvalue weighted by molar-refractivity contribution is 0.0905. The van der Waals surface area contributed by atoms with E-state index in [1.165, 1.54) is 6.07 Å². The maximum absolute atomic E-state index is 13.9. The molecule has 0 saturated heterocycles. The minimum atomic E-state index is -0.939. The molecule has 2 aromatic carbocycles. The van der Waals surface area contributed by atoms with Crippen LogP contribution in [-0.4, -0.2) is 16.0 Å². The maximum Gasteiger partial charge on any atom is 0.257 e. The first-order valence-electron chi connectivity index (χ1n) is 8.78. The first-order chi connectivity index (χ1) is 13.4. The Labute approximate surface area is 172 Å². The van der Waals surface area contributed by atoms with Crippen LogP contribution in [0.2, 0.25) is 0 Å². The summed E-state index contributed by atoms with van der Waals surface area (Å²) in [5, 5.41) is 6.53. The lowest BCUT2D eigenvalue weighted by Gasteiger charge is -2.18. The van der Waals surface area contributed by atoms with Crippen molar-refractivity contribution >= 4 is 18.3 Å². The molecule has 3 N–H and O–H groups in total. The van der Waals surface area contributed by atoms with E-state index in [-0.39, 0.29) is 24.2 Å². The fraction of sp³-hybridized carbons (Fsp3) is 0.250. The summed E-state index contributed by atoms with van der Waals surface area (Å²) in [5.74, 6) is -2.43. The molecule has 0 spiro atoms. The molecule has 29 heavy (non-hydrogen) atoms. The van der Waals surface area contributed by atoms with Crippen molar-refractivity contribution in [1.29, 1.82) is 0 Å². The van der Waals surface area contributed by atoms with Crippen LogP contribution < -0.4 is 11.1 Å². The molecule has 1 amide bonds. The standard InChI is InChI=1S/C20H20F2N4O2.ClH/c1-11(2)17(24-19(27)16-14(21)4-3-5-15(16)22)20-25-18(26-28-20)13-8-6-12(10-23)7-9-13;/h3-9,11,17H,10,23H2,1-2H3,(H,24,27);1H/t17-;/m0./s1. The molecule has 0 aliphatic heterocycles. The Hall–Kier alpha value is -2.84. The minimum absolute atomic E-state index is 0. The second-order valence-electron chi connectivity index (χ2n) is 6.65. The van der Waals surface area contributed by atoms with Gasteiger partial charge in [-0.3, -0.25) is 4.79 Å². The molecule has 3 rings (SSSR count). The summed E-state index contributed by atoms with van der Waals surface area (Å²) in [6.45, 7) is 4.07. The SMILES string of the molecule is CC(C)[C@H](NC(=O)c1c(F)cccc1F)c1nc(-c2ccc(CN)cc2)no1.Cl. The van der Waals surface area contributed by atoms with Gasteiger partial charge in [0.05, 0.1) is 0 Å². The molecule has 154 valence electrons. The Morgan fingerprint density at radius 2 is 1.76 bits per heavy atom. The summed E-state index contributed by atoms with van der Waals surface area (Å²) >= 11 is 0. The third-order valence-corrected chi connectivity index (χ3v) is 4.30. The number of benzene rings is 2. The summed E-state index contributed by atoms with van der Waals surface area (Å²) in [4.78, 5) is 16.8. The number of hydrogen-bond acceptors (Lipinski definition) is 5. The summed E-state index contributed by atoms with van der Waals surface area (Å²) in [6.07, 6.45) is 0. The third-order valence-electron chi connectivity index (χ3n) is 4.30. The summed E-state index contributed by atoms with van der Waals surface area (Å²) in [5.41, 5.74) is 6.63. The molecule has 6 nitrogen and oxygen atoms in total. The highest BCUT2D eigenvalue weighted by molar-refractivity contribution is 5.95. The second-order valence-corrected chi connectivity index (χ2v) is 6.65. The van der Waals surface area contributed by atoms with Crippen molar-refractivity contribution in [3.05, 3.63) is 71.1 Å². The zero-order chi connectivity index (χ0) is 20.3. The van der Waals surface area contributed by atoms with E-state index in [9.17, 15) is 13.6 Å². The summed E-state index contributed by atoms with van der Waals surface area (Å²) in [6, 6.07) is 9.87. The van der Waals surface area contributed by atoms with E-state index in [4.69, 9.17) is 10.3 Å². The number of amides is 1. The predicted octanol–water partition coefficient (Wildman–Crippen LogP) is 4.02. The van der Waals surface area contributed by atoms with Crippen LogP contribution in [0.5, 0.6) is 0 Å². The number of rotatable bonds is 6. The van der Waals surface area contributed by atoms with E-state index in [0.717, 1.165) is 23.3 Å². The smallest absolute Gasteiger partial charge is 0.257 e. The zero-order valence-corrected chi connectivity index (χ0v) is 16.7. The van der Waals surface area contributed by atoms with Gasteiger partial charge in [-0.1, -0.05) is 49.3 Å². The Bertz CT molecular complexity index is 957. The second kappa shape index (κ2) is 9.58. The summed E-state index contributed by atoms with van der Waals surface area (Å²) < 4.78 is 33.1. The average molecular weight is 423 g/mol. The highest BCUT2D eigenvalue weighted by Gasteiger charge is 2.27. The van der Waals surface area contributed by atoms with Crippen molar-refractivity contribution in [2.24, 2.45) is 11.7 Å². The van der Waals surface area contributed by atoms with E-state index in [1.807, 2.05) is 38.1 Å². The van der Waals surface area contributed by atoms with E-state index in [2.05, 4.69) is 15.5 Å². The van der Waals surface area contributed by atoms with E-state index in [1.54, 1.807) is 0 Å². The van der Waals surface area contributed by atoms with Gasteiger partial charge in [-0.05, 0) is 23.6 Å². The van der Waals surface area contributed by atoms with Crippen molar-refractivity contribution in [1.82, 2.24) is 15.5 Å². The number of hydrogen-bond donors (Lipinski definition) is 2. The van der Waals surface area contributed by atoms with Gasteiger partial charge in [-0.15, -0.1) is 12.4 Å². The molecule has 3 aromatic rings. The van der Waals surface area contributed by atoms with Gasteiger partial charge in [0.1, 0.15) is 23.2 Å². The molecule has 0 unspecified atom stereocenters. The van der Waals surface area contributed by atoms with Crippen molar-refractivity contribution in [2.45, 2.75) is 26.4 Å². The first-order valence-corrected chi connectivity index (χ1v) is 8.78. The number of carbonyl (C=O) groups excluding carboxylic acids is 1. The quantitative estimate of drug-likeness (QED) is 0.625. The van der Waals surface area contributed by atoms with Crippen molar-refractivity contribution in [3.63, 3.8) is 0 Å². The molecule has 0 bridgehead atoms. The van der Waals surface area contributed by atoms with Gasteiger partial charge >= 0.3 is 0 Å². The molecule has 1 heterocycles. The van der Waals surface area contributed by atoms with Crippen LogP contribution in [0.3, 0.4) is 0 Å². The third kappa shape index (κ3) is 4.96. The van der Waals surface area contributed by atoms with Crippen molar-refractivity contribution in [3.8, 4) is 11.4 Å². The van der Waals surface area contributed by atoms with Crippen LogP contribution in [0.4, 0.5) is 8.78 Å². The average Bonchev–Trinajstić information content (AvgIpc) is 3.15. The molecule has 0 saturated carbocycles. The van der Waals surface area contributed by atoms with Crippen LogP contribution in [0, 0.1) is 17.6 Å². The highest BCUT2D eigenvalue weighted by Crippen LogP contribution is 2.25. The Morgan fingerprint density at radius 1 is 1.14 bits per heavy atom. The molecular formula is C20H21ClF2N4O2. The zero-order valence-electron chi connectivity index (χ0n) is 15.9. The molecule has 1 aromatic heterocycles. The van der Waals surface area contributed by atoms with Crippen LogP contribution in [0.1, 0.15) is 41.7 Å². The van der Waals surface area contributed by atoms with Crippen LogP contribution in [0.15, 0.2) is 47.0 Å². The fourth-order valence-electron chi connectivity index (χ4n) is 2.71. The Kier molecular flexibility index (Phi) is 7.41. The van der Waals surface area contributed by atoms with Crippen molar-refractivity contribution < 1.29 is 18.1 Å². The lowest BCUT2D eigenvalue weighted by Crippen LogP contribution is -2.33. The van der Waals surface area contributed by atoms with Gasteiger partial charge in [0, 0.05) is 12.1 Å². The highest BCUT2D eigenvalue weighted by atomic mass is 35.5. The van der Waals surface area contributed by atoms with Gasteiger partial charge < -0.3 is 15.6 Å². The molecule has 0 fully saturated rings. The Morgan fingerprint density at radius 3 is 2.31 bits per heavy atom. The number of halogens is 3. The van der Waals surface area contributed by atoms with Crippen LogP contribution in [-0.2, 0) is 6.54 Å². The van der Waals surface area contributed by atoms with Crippen molar-refractivity contribution in [2.75, 3.05) is 0 Å². The number of nitrogens with one attached hydrogen (secondary N) is 1. The number of nitrogens with zero attached hydrogens (tertiary/aromatic N) is 2.